The van der Waals surface area contributed by atoms with Crippen LogP contribution in [-0.2, 0) is 20.1 Å². The van der Waals surface area contributed by atoms with E-state index in [1.807, 2.05) is 6.07 Å². The second-order valence-electron chi connectivity index (χ2n) is 13.1. The Morgan fingerprint density at radius 1 is 0.604 bits per heavy atom. The first kappa shape index (κ1) is 30.4. The quantitative estimate of drug-likeness (QED) is 0.163. The normalized spacial score (nSPS) is 12.0. The molecule has 0 spiro atoms. The summed E-state index contributed by atoms with van der Waals surface area (Å²) in [6.45, 7) is 9.08. The van der Waals surface area contributed by atoms with Crippen LogP contribution in [0.1, 0.15) is 50.7 Å². The average Bonchev–Trinajstić information content (AvgIpc) is 3.77. The van der Waals surface area contributed by atoms with Gasteiger partial charge in [0.05, 0.1) is 22.4 Å². The molecule has 3 aromatic heterocycles. The molecular formula is C43H34IrN3O-. The molecule has 0 bridgehead atoms. The SMILES string of the molecule is CC(C)c1cccc(C(C)C)c1-n1c(-c2[c-]cc(-n3c4ccccc4c4ccccc43)c3c2oc2ccccc23)nc2ccccc21.[Ir]. The predicted octanol–water partition coefficient (Wildman–Crippen LogP) is 11.7. The zero-order chi connectivity index (χ0) is 31.8. The van der Waals surface area contributed by atoms with E-state index < -0.39 is 0 Å². The largest absolute Gasteiger partial charge is 0.500 e. The third-order valence-corrected chi connectivity index (χ3v) is 9.60. The van der Waals surface area contributed by atoms with E-state index in [2.05, 4.69) is 158 Å². The number of fused-ring (bicyclic) bond motifs is 7. The monoisotopic (exact) mass is 801 g/mol. The zero-order valence-corrected chi connectivity index (χ0v) is 29.7. The third kappa shape index (κ3) is 4.42. The van der Waals surface area contributed by atoms with Crippen molar-refractivity contribution in [1.82, 2.24) is 14.1 Å². The van der Waals surface area contributed by atoms with E-state index in [1.165, 1.54) is 27.6 Å². The first-order chi connectivity index (χ1) is 23.0. The zero-order valence-electron chi connectivity index (χ0n) is 27.3. The number of hydrogen-bond acceptors (Lipinski definition) is 2. The number of benzene rings is 6. The molecule has 9 rings (SSSR count). The van der Waals surface area contributed by atoms with E-state index >= 15 is 0 Å². The van der Waals surface area contributed by atoms with Gasteiger partial charge in [0.2, 0.25) is 0 Å². The summed E-state index contributed by atoms with van der Waals surface area (Å²) in [5.74, 6) is 1.48. The van der Waals surface area contributed by atoms with Gasteiger partial charge in [0, 0.05) is 53.0 Å². The minimum Gasteiger partial charge on any atom is -0.500 e. The maximum Gasteiger partial charge on any atom is 0.121 e. The molecule has 3 heterocycles. The number of furan rings is 1. The fourth-order valence-electron chi connectivity index (χ4n) is 7.47. The van der Waals surface area contributed by atoms with Crippen molar-refractivity contribution < 1.29 is 24.5 Å². The van der Waals surface area contributed by atoms with Gasteiger partial charge in [-0.3, -0.25) is 4.98 Å². The molecular weight excluding hydrogens is 767 g/mol. The van der Waals surface area contributed by atoms with Gasteiger partial charge in [0.25, 0.3) is 0 Å². The molecule has 1 radical (unpaired) electrons. The van der Waals surface area contributed by atoms with Gasteiger partial charge in [-0.15, -0.1) is 12.1 Å². The standard InChI is InChI=1S/C43H34N3O.Ir/c1-26(2)28-17-13-18-29(27(3)4)41(28)46-37-22-11-8-19-34(37)44-43(46)33-24-25-38(40-32-16-7-12-23-39(32)47-42(33)40)45-35-20-9-5-14-30(35)31-15-6-10-21-36(31)45;/h5-23,25-27H,1-4H3;/q-1;. The molecule has 48 heavy (non-hydrogen) atoms. The van der Waals surface area contributed by atoms with Crippen LogP contribution in [0.4, 0.5) is 0 Å². The summed E-state index contributed by atoms with van der Waals surface area (Å²) in [4.78, 5) is 5.34. The van der Waals surface area contributed by atoms with E-state index in [-0.39, 0.29) is 20.1 Å². The maximum absolute atomic E-state index is 6.85. The van der Waals surface area contributed by atoms with Gasteiger partial charge < -0.3 is 13.6 Å². The smallest absolute Gasteiger partial charge is 0.121 e. The van der Waals surface area contributed by atoms with Gasteiger partial charge in [0.1, 0.15) is 5.58 Å². The molecule has 0 atom stereocenters. The molecule has 4 nitrogen and oxygen atoms in total. The fourth-order valence-corrected chi connectivity index (χ4v) is 7.47. The Balaban J connectivity index is 0.00000336. The Morgan fingerprint density at radius 3 is 1.81 bits per heavy atom. The minimum atomic E-state index is 0. The molecule has 237 valence electrons. The van der Waals surface area contributed by atoms with Crippen molar-refractivity contribution in [2.75, 3.05) is 0 Å². The van der Waals surface area contributed by atoms with Crippen molar-refractivity contribution in [3.63, 3.8) is 0 Å². The van der Waals surface area contributed by atoms with Gasteiger partial charge in [-0.2, -0.15) is 0 Å². The molecule has 0 aliphatic rings. The first-order valence-corrected chi connectivity index (χ1v) is 16.5. The van der Waals surface area contributed by atoms with Crippen molar-refractivity contribution in [3.05, 3.63) is 139 Å². The van der Waals surface area contributed by atoms with Crippen molar-refractivity contribution in [1.29, 1.82) is 0 Å². The molecule has 0 aliphatic carbocycles. The average molecular weight is 801 g/mol. The topological polar surface area (TPSA) is 35.9 Å². The van der Waals surface area contributed by atoms with Crippen LogP contribution in [0, 0.1) is 6.07 Å². The second kappa shape index (κ2) is 11.6. The van der Waals surface area contributed by atoms with Crippen molar-refractivity contribution in [3.8, 4) is 22.8 Å². The summed E-state index contributed by atoms with van der Waals surface area (Å²) in [5.41, 5.74) is 11.6. The summed E-state index contributed by atoms with van der Waals surface area (Å²) >= 11 is 0. The van der Waals surface area contributed by atoms with Gasteiger partial charge in [-0.05, 0) is 64.4 Å². The predicted molar refractivity (Wildman–Crippen MR) is 195 cm³/mol. The van der Waals surface area contributed by atoms with E-state index in [0.29, 0.717) is 11.8 Å². The molecule has 5 heteroatoms. The number of para-hydroxylation sites is 6. The molecule has 6 aromatic carbocycles. The van der Waals surface area contributed by atoms with Crippen LogP contribution in [0.2, 0.25) is 0 Å². The van der Waals surface area contributed by atoms with Crippen molar-refractivity contribution in [2.45, 2.75) is 39.5 Å². The van der Waals surface area contributed by atoms with Gasteiger partial charge in [0.15, 0.2) is 0 Å². The molecule has 0 unspecified atom stereocenters. The van der Waals surface area contributed by atoms with E-state index in [4.69, 9.17) is 9.40 Å². The maximum atomic E-state index is 6.85. The van der Waals surface area contributed by atoms with Crippen LogP contribution in [0.25, 0.3) is 77.5 Å². The van der Waals surface area contributed by atoms with Crippen LogP contribution in [0.5, 0.6) is 0 Å². The number of imidazole rings is 1. The molecule has 0 aliphatic heterocycles. The van der Waals surface area contributed by atoms with Gasteiger partial charge in [-0.25, -0.2) is 0 Å². The van der Waals surface area contributed by atoms with Crippen LogP contribution >= 0.6 is 0 Å². The number of rotatable bonds is 5. The van der Waals surface area contributed by atoms with Crippen LogP contribution in [0.3, 0.4) is 0 Å². The molecule has 0 N–H and O–H groups in total. The molecule has 9 aromatic rings. The van der Waals surface area contributed by atoms with E-state index in [9.17, 15) is 0 Å². The molecule has 0 amide bonds. The summed E-state index contributed by atoms with van der Waals surface area (Å²) < 4.78 is 11.6. The molecule has 0 saturated heterocycles. The third-order valence-electron chi connectivity index (χ3n) is 9.60. The fraction of sp³-hybridized carbons (Fsp3) is 0.140. The Morgan fingerprint density at radius 2 is 1.17 bits per heavy atom. The minimum absolute atomic E-state index is 0. The Hall–Kier alpha value is -4.96. The van der Waals surface area contributed by atoms with Crippen LogP contribution < -0.4 is 0 Å². The number of hydrogen-bond donors (Lipinski definition) is 0. The van der Waals surface area contributed by atoms with E-state index in [1.54, 1.807) is 0 Å². The van der Waals surface area contributed by atoms with E-state index in [0.717, 1.165) is 61.1 Å². The second-order valence-corrected chi connectivity index (χ2v) is 13.1. The number of aromatic nitrogens is 3. The summed E-state index contributed by atoms with van der Waals surface area (Å²) in [6.07, 6.45) is 0. The molecule has 0 saturated carbocycles. The summed E-state index contributed by atoms with van der Waals surface area (Å²) in [6, 6.07) is 46.7. The number of nitrogens with zero attached hydrogens (tertiary/aromatic N) is 3. The summed E-state index contributed by atoms with van der Waals surface area (Å²) in [7, 11) is 0. The van der Waals surface area contributed by atoms with Crippen molar-refractivity contribution in [2.24, 2.45) is 0 Å². The summed E-state index contributed by atoms with van der Waals surface area (Å²) in [5, 5.41) is 4.58. The van der Waals surface area contributed by atoms with Crippen LogP contribution in [0.15, 0.2) is 126 Å². The molecule has 0 fully saturated rings. The van der Waals surface area contributed by atoms with Gasteiger partial charge >= 0.3 is 0 Å². The van der Waals surface area contributed by atoms with Crippen LogP contribution in [-0.4, -0.2) is 14.1 Å². The Bertz CT molecular complexity index is 2570. The Labute approximate surface area is 293 Å². The first-order valence-electron chi connectivity index (χ1n) is 16.5. The van der Waals surface area contributed by atoms with Gasteiger partial charge in [-0.1, -0.05) is 118 Å². The van der Waals surface area contributed by atoms with Crippen molar-refractivity contribution >= 4 is 54.8 Å². The Kier molecular flexibility index (Phi) is 7.36.